The maximum absolute atomic E-state index is 13.1. The minimum atomic E-state index is -5.67. The number of carbonyl (C=O) groups excluding carboxylic acids is 3. The van der Waals surface area contributed by atoms with Crippen LogP contribution in [0.15, 0.2) is 47.4 Å². The van der Waals surface area contributed by atoms with Crippen LogP contribution in [0.25, 0.3) is 0 Å². The number of ether oxygens (including phenoxy) is 2. The minimum absolute atomic E-state index is 0.00314. The maximum atomic E-state index is 13.1. The molecule has 156 valence electrons. The highest BCUT2D eigenvalue weighted by Gasteiger charge is 2.54. The van der Waals surface area contributed by atoms with Crippen molar-refractivity contribution in [2.45, 2.75) is 38.7 Å². The first kappa shape index (κ1) is 23.7. The van der Waals surface area contributed by atoms with E-state index in [2.05, 4.69) is 6.58 Å². The Morgan fingerprint density at radius 1 is 1.14 bits per heavy atom. The standard InChI is InChI=1S/C19H26O8S/c1-13(2)17(21)26-11-19(15(5)20,18(22)27-14(3)4)12-28(23,24,25)16-9-7-6-8-10-16/h6-10,14H,1,11-12H2,2-5H3,(H2,23,24,25). The number of rotatable bonds is 9. The fraction of sp³-hybridized carbons (Fsp3) is 0.421. The first-order valence-corrected chi connectivity index (χ1v) is 10.5. The SMILES string of the molecule is C=C(C)C(=O)OCC(CS(=O)(O)(O)c1ccccc1)(C(C)=O)C(=O)OC(C)C. The Bertz CT molecular complexity index is 837. The van der Waals surface area contributed by atoms with Crippen LogP contribution < -0.4 is 0 Å². The Labute approximate surface area is 164 Å². The van der Waals surface area contributed by atoms with Crippen molar-refractivity contribution < 1.29 is 37.2 Å². The molecule has 0 aromatic heterocycles. The van der Waals surface area contributed by atoms with Gasteiger partial charge in [0.25, 0.3) is 0 Å². The normalized spacial score (nSPS) is 15.0. The van der Waals surface area contributed by atoms with Crippen molar-refractivity contribution in [1.29, 1.82) is 0 Å². The average molecular weight is 414 g/mol. The third-order valence-corrected chi connectivity index (χ3v) is 6.16. The summed E-state index contributed by atoms with van der Waals surface area (Å²) in [5.41, 5.74) is -2.39. The fourth-order valence-corrected chi connectivity index (χ4v) is 4.53. The second kappa shape index (κ2) is 8.34. The Hall–Kier alpha value is -2.36. The molecule has 9 heteroatoms. The van der Waals surface area contributed by atoms with E-state index in [9.17, 15) is 27.7 Å². The molecule has 0 amide bonds. The van der Waals surface area contributed by atoms with Gasteiger partial charge in [-0.15, -0.1) is 0 Å². The van der Waals surface area contributed by atoms with E-state index in [1.807, 2.05) is 0 Å². The van der Waals surface area contributed by atoms with Gasteiger partial charge < -0.3 is 18.6 Å². The quantitative estimate of drug-likeness (QED) is 0.358. The molecule has 0 heterocycles. The van der Waals surface area contributed by atoms with E-state index in [0.29, 0.717) is 0 Å². The van der Waals surface area contributed by atoms with Gasteiger partial charge in [0.05, 0.1) is 16.8 Å². The zero-order valence-corrected chi connectivity index (χ0v) is 17.2. The van der Waals surface area contributed by atoms with Crippen molar-refractivity contribution in [3.05, 3.63) is 42.5 Å². The lowest BCUT2D eigenvalue weighted by atomic mass is 9.87. The molecule has 28 heavy (non-hydrogen) atoms. The number of hydrogen-bond donors (Lipinski definition) is 2. The molecule has 2 N–H and O–H groups in total. The summed E-state index contributed by atoms with van der Waals surface area (Å²) >= 11 is 0. The molecule has 0 saturated carbocycles. The predicted molar refractivity (Wildman–Crippen MR) is 103 cm³/mol. The van der Waals surface area contributed by atoms with Crippen LogP contribution >= 0.6 is 0 Å². The number of hydrogen-bond acceptors (Lipinski definition) is 6. The van der Waals surface area contributed by atoms with Crippen molar-refractivity contribution in [2.75, 3.05) is 12.4 Å². The molecule has 1 unspecified atom stereocenters. The summed E-state index contributed by atoms with van der Waals surface area (Å²) in [6.07, 6.45) is -0.660. The first-order valence-electron chi connectivity index (χ1n) is 8.45. The van der Waals surface area contributed by atoms with Gasteiger partial charge in [-0.25, -0.2) is 9.00 Å². The summed E-state index contributed by atoms with van der Waals surface area (Å²) in [4.78, 5) is 36.6. The van der Waals surface area contributed by atoms with E-state index in [1.54, 1.807) is 6.07 Å². The van der Waals surface area contributed by atoms with Crippen molar-refractivity contribution in [3.63, 3.8) is 0 Å². The number of carbonyl (C=O) groups is 3. The molecule has 0 bridgehead atoms. The second-order valence-corrected chi connectivity index (χ2v) is 9.72. The van der Waals surface area contributed by atoms with E-state index in [4.69, 9.17) is 9.47 Å². The Morgan fingerprint density at radius 3 is 2.11 bits per heavy atom. The maximum Gasteiger partial charge on any atom is 0.333 e. The van der Waals surface area contributed by atoms with E-state index in [-0.39, 0.29) is 10.5 Å². The largest absolute Gasteiger partial charge is 0.462 e. The van der Waals surface area contributed by atoms with E-state index in [0.717, 1.165) is 6.92 Å². The third kappa shape index (κ3) is 5.57. The summed E-state index contributed by atoms with van der Waals surface area (Å²) in [5.74, 6) is -4.20. The molecule has 1 atom stereocenters. The summed E-state index contributed by atoms with van der Waals surface area (Å²) in [6.45, 7) is 7.90. The monoisotopic (exact) mass is 414 g/mol. The Kier molecular flexibility index (Phi) is 7.05. The molecule has 0 fully saturated rings. The van der Waals surface area contributed by atoms with Crippen LogP contribution in [0, 0.1) is 5.41 Å². The van der Waals surface area contributed by atoms with Crippen LogP contribution in [0.5, 0.6) is 0 Å². The van der Waals surface area contributed by atoms with Crippen molar-refractivity contribution in [2.24, 2.45) is 5.41 Å². The number of esters is 2. The zero-order valence-electron chi connectivity index (χ0n) is 16.3. The third-order valence-electron chi connectivity index (χ3n) is 3.93. The highest BCUT2D eigenvalue weighted by atomic mass is 32.3. The lowest BCUT2D eigenvalue weighted by Gasteiger charge is -2.39. The minimum Gasteiger partial charge on any atom is -0.462 e. The smallest absolute Gasteiger partial charge is 0.333 e. The van der Waals surface area contributed by atoms with Crippen molar-refractivity contribution in [3.8, 4) is 0 Å². The van der Waals surface area contributed by atoms with E-state index < -0.39 is 51.2 Å². The number of benzene rings is 1. The van der Waals surface area contributed by atoms with Crippen LogP contribution in [-0.4, -0.2) is 49.5 Å². The van der Waals surface area contributed by atoms with Gasteiger partial charge in [-0.2, -0.15) is 0 Å². The molecule has 0 aliphatic heterocycles. The van der Waals surface area contributed by atoms with Gasteiger partial charge in [-0.05, 0) is 39.8 Å². The van der Waals surface area contributed by atoms with Gasteiger partial charge in [0.1, 0.15) is 16.2 Å². The van der Waals surface area contributed by atoms with Crippen LogP contribution in [0.2, 0.25) is 0 Å². The Morgan fingerprint density at radius 2 is 1.68 bits per heavy atom. The van der Waals surface area contributed by atoms with Crippen LogP contribution in [0.1, 0.15) is 27.7 Å². The van der Waals surface area contributed by atoms with E-state index in [1.165, 1.54) is 45.0 Å². The summed E-state index contributed by atoms with van der Waals surface area (Å²) in [5, 5.41) is 0. The topological polar surface area (TPSA) is 127 Å². The van der Waals surface area contributed by atoms with Gasteiger partial charge in [0, 0.05) is 5.57 Å². The fourth-order valence-electron chi connectivity index (χ4n) is 2.37. The summed E-state index contributed by atoms with van der Waals surface area (Å²) < 4.78 is 44.3. The molecule has 1 rings (SSSR count). The molecule has 0 radical (unpaired) electrons. The molecule has 8 nitrogen and oxygen atoms in total. The molecule has 0 saturated heterocycles. The van der Waals surface area contributed by atoms with Gasteiger partial charge >= 0.3 is 11.9 Å². The Balaban J connectivity index is 3.49. The molecular weight excluding hydrogens is 388 g/mol. The van der Waals surface area contributed by atoms with Gasteiger partial charge in [-0.1, -0.05) is 24.8 Å². The zero-order chi connectivity index (χ0) is 21.8. The number of Topliss-reactive ketones (excluding diaryl/α,β-unsaturated/α-hetero) is 1. The van der Waals surface area contributed by atoms with Crippen molar-refractivity contribution in [1.82, 2.24) is 0 Å². The predicted octanol–water partition coefficient (Wildman–Crippen LogP) is 2.46. The number of ketones is 1. The highest BCUT2D eigenvalue weighted by molar-refractivity contribution is 8.10. The van der Waals surface area contributed by atoms with Crippen molar-refractivity contribution >= 4 is 27.3 Å². The van der Waals surface area contributed by atoms with Gasteiger partial charge in [-0.3, -0.25) is 9.59 Å². The van der Waals surface area contributed by atoms with E-state index >= 15 is 0 Å². The molecule has 1 aromatic rings. The second-order valence-electron chi connectivity index (χ2n) is 6.92. The van der Waals surface area contributed by atoms with Crippen LogP contribution in [0.3, 0.4) is 0 Å². The van der Waals surface area contributed by atoms with Crippen LogP contribution in [-0.2, 0) is 33.5 Å². The van der Waals surface area contributed by atoms with Gasteiger partial charge in [0.2, 0.25) is 0 Å². The molecule has 1 aromatic carbocycles. The first-order chi connectivity index (χ1) is 12.7. The lowest BCUT2D eigenvalue weighted by molar-refractivity contribution is -0.167. The summed E-state index contributed by atoms with van der Waals surface area (Å²) in [7, 11) is -5.67. The molecule has 0 aliphatic carbocycles. The van der Waals surface area contributed by atoms with Gasteiger partial charge in [0.15, 0.2) is 11.2 Å². The molecule has 0 spiro atoms. The van der Waals surface area contributed by atoms with Crippen LogP contribution in [0.4, 0.5) is 0 Å². The lowest BCUT2D eigenvalue weighted by Crippen LogP contribution is -2.55. The average Bonchev–Trinajstić information content (AvgIpc) is 2.57. The molecular formula is C19H26O8S. The highest BCUT2D eigenvalue weighted by Crippen LogP contribution is 2.38. The molecule has 0 aliphatic rings. The summed E-state index contributed by atoms with van der Waals surface area (Å²) in [6, 6.07) is 6.77.